The monoisotopic (exact) mass is 435 g/mol. The van der Waals surface area contributed by atoms with Gasteiger partial charge < -0.3 is 10.2 Å². The number of nitrogens with zero attached hydrogens (tertiary/aromatic N) is 1. The van der Waals surface area contributed by atoms with Gasteiger partial charge in [-0.15, -0.1) is 0 Å². The summed E-state index contributed by atoms with van der Waals surface area (Å²) in [7, 11) is -3.28. The summed E-state index contributed by atoms with van der Waals surface area (Å²) in [5, 5.41) is 2.86. The molecular weight excluding hydrogens is 413 g/mol. The molecule has 1 aliphatic rings. The van der Waals surface area contributed by atoms with Gasteiger partial charge in [0.1, 0.15) is 5.82 Å². The zero-order chi connectivity index (χ0) is 18.4. The molecule has 0 aliphatic carbocycles. The third-order valence-corrected chi connectivity index (χ3v) is 5.44. The molecule has 2 amide bonds. The van der Waals surface area contributed by atoms with Gasteiger partial charge in [-0.2, -0.15) is 0 Å². The van der Waals surface area contributed by atoms with Crippen LogP contribution in [0.4, 0.5) is 9.18 Å². The van der Waals surface area contributed by atoms with Gasteiger partial charge in [-0.3, -0.25) is 0 Å². The van der Waals surface area contributed by atoms with Crippen molar-refractivity contribution in [2.75, 3.05) is 25.9 Å². The van der Waals surface area contributed by atoms with Crippen LogP contribution in [0.1, 0.15) is 24.8 Å². The van der Waals surface area contributed by atoms with Crippen molar-refractivity contribution in [3.8, 4) is 0 Å². The summed E-state index contributed by atoms with van der Waals surface area (Å²) < 4.78 is 38.6. The normalized spacial score (nSPS) is 18.2. The van der Waals surface area contributed by atoms with Crippen LogP contribution >= 0.6 is 15.9 Å². The van der Waals surface area contributed by atoms with Crippen LogP contribution in [-0.2, 0) is 16.4 Å². The number of nitrogens with one attached hydrogen (secondary N) is 2. The van der Waals surface area contributed by atoms with E-state index < -0.39 is 10.0 Å². The van der Waals surface area contributed by atoms with E-state index in [1.54, 1.807) is 17.0 Å². The number of piperidine rings is 1. The second-order valence-corrected chi connectivity index (χ2v) is 8.88. The van der Waals surface area contributed by atoms with E-state index in [-0.39, 0.29) is 24.4 Å². The molecule has 1 fully saturated rings. The quantitative estimate of drug-likeness (QED) is 0.718. The summed E-state index contributed by atoms with van der Waals surface area (Å²) in [5.74, 6) is -0.317. The summed E-state index contributed by atoms with van der Waals surface area (Å²) in [6.07, 6.45) is 4.36. The second kappa shape index (κ2) is 8.95. The van der Waals surface area contributed by atoms with E-state index in [0.29, 0.717) is 24.0 Å². The minimum Gasteiger partial charge on any atom is -0.338 e. The molecule has 2 rings (SSSR count). The molecule has 1 unspecified atom stereocenters. The van der Waals surface area contributed by atoms with Crippen molar-refractivity contribution < 1.29 is 17.6 Å². The van der Waals surface area contributed by atoms with Crippen molar-refractivity contribution in [2.45, 2.75) is 31.7 Å². The summed E-state index contributed by atoms with van der Waals surface area (Å²) in [6, 6.07) is 4.44. The molecule has 0 saturated carbocycles. The molecule has 0 spiro atoms. The summed E-state index contributed by atoms with van der Waals surface area (Å²) in [4.78, 5) is 14.1. The number of halogens is 2. The second-order valence-electron chi connectivity index (χ2n) is 6.19. The SMILES string of the molecule is CS(=O)(=O)NCC1CCCCN1C(=O)NCCc1ccc(F)c(Br)c1. The maximum atomic E-state index is 13.2. The first-order valence-electron chi connectivity index (χ1n) is 8.19. The van der Waals surface area contributed by atoms with Gasteiger partial charge in [0.25, 0.3) is 0 Å². The van der Waals surface area contributed by atoms with E-state index in [4.69, 9.17) is 0 Å². The molecule has 1 saturated heterocycles. The van der Waals surface area contributed by atoms with Crippen molar-refractivity contribution in [1.29, 1.82) is 0 Å². The molecule has 1 atom stereocenters. The molecule has 2 N–H and O–H groups in total. The first kappa shape index (κ1) is 20.1. The largest absolute Gasteiger partial charge is 0.338 e. The molecule has 1 heterocycles. The third-order valence-electron chi connectivity index (χ3n) is 4.14. The number of rotatable bonds is 6. The fourth-order valence-corrected chi connectivity index (χ4v) is 3.76. The molecule has 6 nitrogen and oxygen atoms in total. The topological polar surface area (TPSA) is 78.5 Å². The van der Waals surface area contributed by atoms with E-state index in [1.807, 2.05) is 0 Å². The van der Waals surface area contributed by atoms with Crippen LogP contribution in [0.25, 0.3) is 0 Å². The van der Waals surface area contributed by atoms with E-state index >= 15 is 0 Å². The number of urea groups is 1. The predicted octanol–water partition coefficient (Wildman–Crippen LogP) is 2.24. The van der Waals surface area contributed by atoms with Crippen LogP contribution in [0.2, 0.25) is 0 Å². The number of amides is 2. The maximum Gasteiger partial charge on any atom is 0.317 e. The minimum atomic E-state index is -3.28. The molecule has 9 heteroatoms. The Hall–Kier alpha value is -1.19. The van der Waals surface area contributed by atoms with Crippen molar-refractivity contribution in [3.63, 3.8) is 0 Å². The van der Waals surface area contributed by atoms with Crippen LogP contribution in [0, 0.1) is 5.82 Å². The molecule has 0 bridgehead atoms. The smallest absolute Gasteiger partial charge is 0.317 e. The summed E-state index contributed by atoms with van der Waals surface area (Å²) in [6.45, 7) is 1.28. The Morgan fingerprint density at radius 1 is 1.40 bits per heavy atom. The number of carbonyl (C=O) groups is 1. The molecule has 0 radical (unpaired) electrons. The molecule has 1 aromatic rings. The number of hydrogen-bond acceptors (Lipinski definition) is 3. The predicted molar refractivity (Wildman–Crippen MR) is 98.4 cm³/mol. The average molecular weight is 436 g/mol. The molecule has 140 valence electrons. The van der Waals surface area contributed by atoms with E-state index in [2.05, 4.69) is 26.0 Å². The van der Waals surface area contributed by atoms with Crippen LogP contribution < -0.4 is 10.0 Å². The van der Waals surface area contributed by atoms with Crippen molar-refractivity contribution in [2.24, 2.45) is 0 Å². The number of benzene rings is 1. The molecule has 1 aliphatic heterocycles. The van der Waals surface area contributed by atoms with Crippen LogP contribution in [-0.4, -0.2) is 51.3 Å². The Labute approximate surface area is 156 Å². The Kier molecular flexibility index (Phi) is 7.21. The van der Waals surface area contributed by atoms with Gasteiger partial charge in [-0.25, -0.2) is 22.3 Å². The zero-order valence-corrected chi connectivity index (χ0v) is 16.5. The number of carbonyl (C=O) groups excluding carboxylic acids is 1. The lowest BCUT2D eigenvalue weighted by atomic mass is 10.0. The Morgan fingerprint density at radius 2 is 2.16 bits per heavy atom. The fourth-order valence-electron chi connectivity index (χ4n) is 2.84. The number of sulfonamides is 1. The third kappa shape index (κ3) is 6.56. The first-order chi connectivity index (χ1) is 11.8. The highest BCUT2D eigenvalue weighted by Gasteiger charge is 2.27. The van der Waals surface area contributed by atoms with Gasteiger partial charge in [0.2, 0.25) is 10.0 Å². The summed E-state index contributed by atoms with van der Waals surface area (Å²) in [5.41, 5.74) is 0.919. The lowest BCUT2D eigenvalue weighted by Crippen LogP contribution is -2.52. The Morgan fingerprint density at radius 3 is 2.84 bits per heavy atom. The Bertz CT molecular complexity index is 715. The van der Waals surface area contributed by atoms with Crippen molar-refractivity contribution in [1.82, 2.24) is 14.9 Å². The number of hydrogen-bond donors (Lipinski definition) is 2. The van der Waals surface area contributed by atoms with E-state index in [1.165, 1.54) is 6.07 Å². The van der Waals surface area contributed by atoms with Crippen LogP contribution in [0.5, 0.6) is 0 Å². The highest BCUT2D eigenvalue weighted by molar-refractivity contribution is 9.10. The van der Waals surface area contributed by atoms with E-state index in [9.17, 15) is 17.6 Å². The highest BCUT2D eigenvalue weighted by Crippen LogP contribution is 2.18. The van der Waals surface area contributed by atoms with Crippen molar-refractivity contribution in [3.05, 3.63) is 34.1 Å². The molecular formula is C16H23BrFN3O3S. The van der Waals surface area contributed by atoms with Gasteiger partial charge in [-0.05, 0) is 59.3 Å². The number of likely N-dealkylation sites (tertiary alicyclic amines) is 1. The van der Waals surface area contributed by atoms with Gasteiger partial charge >= 0.3 is 6.03 Å². The fraction of sp³-hybridized carbons (Fsp3) is 0.562. The summed E-state index contributed by atoms with van der Waals surface area (Å²) >= 11 is 3.14. The maximum absolute atomic E-state index is 13.2. The zero-order valence-electron chi connectivity index (χ0n) is 14.1. The van der Waals surface area contributed by atoms with E-state index in [0.717, 1.165) is 31.1 Å². The van der Waals surface area contributed by atoms with Crippen LogP contribution in [0.15, 0.2) is 22.7 Å². The highest BCUT2D eigenvalue weighted by atomic mass is 79.9. The van der Waals surface area contributed by atoms with Crippen LogP contribution in [0.3, 0.4) is 0 Å². The average Bonchev–Trinajstić information content (AvgIpc) is 2.55. The Balaban J connectivity index is 1.85. The van der Waals surface area contributed by atoms with Gasteiger partial charge in [0.05, 0.1) is 10.7 Å². The van der Waals surface area contributed by atoms with Gasteiger partial charge in [0, 0.05) is 25.7 Å². The molecule has 1 aromatic carbocycles. The minimum absolute atomic E-state index is 0.136. The van der Waals surface area contributed by atoms with Gasteiger partial charge in [0.15, 0.2) is 0 Å². The van der Waals surface area contributed by atoms with Crippen molar-refractivity contribution >= 4 is 32.0 Å². The first-order valence-corrected chi connectivity index (χ1v) is 10.9. The lowest BCUT2D eigenvalue weighted by molar-refractivity contribution is 0.152. The molecule has 0 aromatic heterocycles. The van der Waals surface area contributed by atoms with Gasteiger partial charge in [-0.1, -0.05) is 6.07 Å². The lowest BCUT2D eigenvalue weighted by Gasteiger charge is -2.35. The standard InChI is InChI=1S/C16H23BrFN3O3S/c1-25(23,24)20-11-13-4-2-3-9-21(13)16(22)19-8-7-12-5-6-15(18)14(17)10-12/h5-6,10,13,20H,2-4,7-9,11H2,1H3,(H,19,22). The molecule has 25 heavy (non-hydrogen) atoms.